The van der Waals surface area contributed by atoms with Crippen LogP contribution in [0.3, 0.4) is 0 Å². The Balaban J connectivity index is 2.51. The lowest BCUT2D eigenvalue weighted by Gasteiger charge is -2.20. The number of pyridine rings is 1. The van der Waals surface area contributed by atoms with Gasteiger partial charge in [0.1, 0.15) is 0 Å². The number of nitrogens with zero attached hydrogens (tertiary/aromatic N) is 1. The van der Waals surface area contributed by atoms with Crippen LogP contribution in [0.1, 0.15) is 48.4 Å². The molecule has 1 aromatic heterocycles. The number of hydrogen-bond donors (Lipinski definition) is 1. The number of carbonyl (C=O) groups excluding carboxylic acids is 2. The molecule has 0 spiro atoms. The maximum atomic E-state index is 12.6. The highest BCUT2D eigenvalue weighted by molar-refractivity contribution is 6.21. The van der Waals surface area contributed by atoms with Crippen LogP contribution in [0.5, 0.6) is 0 Å². The second-order valence-electron chi connectivity index (χ2n) is 5.82. The molecule has 1 unspecified atom stereocenters. The van der Waals surface area contributed by atoms with Crippen molar-refractivity contribution in [2.45, 2.75) is 33.6 Å². The lowest BCUT2D eigenvalue weighted by atomic mass is 9.92. The molecule has 5 heteroatoms. The fourth-order valence-electron chi connectivity index (χ4n) is 2.69. The summed E-state index contributed by atoms with van der Waals surface area (Å²) >= 11 is 0. The molecule has 2 heterocycles. The second-order valence-corrected chi connectivity index (χ2v) is 5.82. The maximum absolute atomic E-state index is 12.6. The Morgan fingerprint density at radius 2 is 2.09 bits per heavy atom. The highest BCUT2D eigenvalue weighted by Gasteiger charge is 2.23. The van der Waals surface area contributed by atoms with E-state index in [1.165, 1.54) is 7.11 Å². The van der Waals surface area contributed by atoms with Crippen LogP contribution in [0, 0.1) is 12.8 Å². The van der Waals surface area contributed by atoms with Gasteiger partial charge in [0.2, 0.25) is 0 Å². The van der Waals surface area contributed by atoms with Gasteiger partial charge in [0.15, 0.2) is 5.78 Å². The molecule has 1 aliphatic heterocycles. The topological polar surface area (TPSA) is 68.3 Å². The SMILES string of the molecule is COC(=O)c1cc(C)nc(/C2=C(\C)NCCC(C)CC2=O)c1. The van der Waals surface area contributed by atoms with Crippen molar-refractivity contribution in [3.05, 3.63) is 34.8 Å². The molecule has 0 fully saturated rings. The minimum Gasteiger partial charge on any atom is -0.465 e. The van der Waals surface area contributed by atoms with Crippen molar-refractivity contribution >= 4 is 17.3 Å². The Hall–Kier alpha value is -2.17. The van der Waals surface area contributed by atoms with Gasteiger partial charge in [0.05, 0.1) is 23.9 Å². The van der Waals surface area contributed by atoms with Gasteiger partial charge in [0, 0.05) is 24.4 Å². The molecule has 1 aliphatic rings. The number of Topliss-reactive ketones (excluding diaryl/α,β-unsaturated/α-hetero) is 1. The number of ketones is 1. The van der Waals surface area contributed by atoms with E-state index < -0.39 is 5.97 Å². The Morgan fingerprint density at radius 1 is 1.36 bits per heavy atom. The van der Waals surface area contributed by atoms with Gasteiger partial charge in [-0.05, 0) is 38.3 Å². The summed E-state index contributed by atoms with van der Waals surface area (Å²) in [5, 5.41) is 3.28. The normalized spacial score (nSPS) is 22.5. The number of nitrogens with one attached hydrogen (secondary N) is 1. The average Bonchev–Trinajstić information content (AvgIpc) is 2.44. The molecular formula is C17H22N2O3. The van der Waals surface area contributed by atoms with Crippen molar-refractivity contribution in [1.82, 2.24) is 10.3 Å². The van der Waals surface area contributed by atoms with Gasteiger partial charge in [-0.2, -0.15) is 0 Å². The van der Waals surface area contributed by atoms with Crippen LogP contribution in [-0.4, -0.2) is 30.4 Å². The molecule has 0 aliphatic carbocycles. The van der Waals surface area contributed by atoms with Gasteiger partial charge in [0.25, 0.3) is 0 Å². The van der Waals surface area contributed by atoms with Crippen LogP contribution in [0.4, 0.5) is 0 Å². The first-order valence-electron chi connectivity index (χ1n) is 7.47. The van der Waals surface area contributed by atoms with E-state index in [2.05, 4.69) is 17.2 Å². The van der Waals surface area contributed by atoms with E-state index in [1.807, 2.05) is 6.92 Å². The molecule has 1 atom stereocenters. The molecule has 1 aromatic rings. The zero-order valence-corrected chi connectivity index (χ0v) is 13.5. The first kappa shape index (κ1) is 16.2. The fourth-order valence-corrected chi connectivity index (χ4v) is 2.69. The monoisotopic (exact) mass is 302 g/mol. The largest absolute Gasteiger partial charge is 0.465 e. The number of aromatic nitrogens is 1. The molecule has 0 amide bonds. The van der Waals surface area contributed by atoms with Crippen molar-refractivity contribution in [2.75, 3.05) is 13.7 Å². The molecule has 1 N–H and O–H groups in total. The molecule has 0 saturated heterocycles. The molecule has 2 rings (SSSR count). The van der Waals surface area contributed by atoms with Gasteiger partial charge in [-0.1, -0.05) is 6.92 Å². The van der Waals surface area contributed by atoms with E-state index in [0.29, 0.717) is 34.9 Å². The summed E-state index contributed by atoms with van der Waals surface area (Å²) in [4.78, 5) is 28.8. The summed E-state index contributed by atoms with van der Waals surface area (Å²) in [5.41, 5.74) is 3.00. The van der Waals surface area contributed by atoms with Crippen molar-refractivity contribution in [3.63, 3.8) is 0 Å². The van der Waals surface area contributed by atoms with Crippen LogP contribution in [0.2, 0.25) is 0 Å². The minimum atomic E-state index is -0.426. The third-order valence-electron chi connectivity index (χ3n) is 3.85. The second kappa shape index (κ2) is 6.73. The molecule has 118 valence electrons. The first-order chi connectivity index (χ1) is 10.4. The van der Waals surface area contributed by atoms with Crippen LogP contribution in [-0.2, 0) is 9.53 Å². The first-order valence-corrected chi connectivity index (χ1v) is 7.47. The summed E-state index contributed by atoms with van der Waals surface area (Å²) in [6.07, 6.45) is 1.46. The molecule has 0 saturated carbocycles. The van der Waals surface area contributed by atoms with Gasteiger partial charge in [-0.25, -0.2) is 4.79 Å². The third-order valence-corrected chi connectivity index (χ3v) is 3.85. The van der Waals surface area contributed by atoms with Gasteiger partial charge >= 0.3 is 5.97 Å². The lowest BCUT2D eigenvalue weighted by Crippen LogP contribution is -2.24. The number of methoxy groups -OCH3 is 1. The minimum absolute atomic E-state index is 0.0612. The lowest BCUT2D eigenvalue weighted by molar-refractivity contribution is -0.114. The molecule has 22 heavy (non-hydrogen) atoms. The maximum Gasteiger partial charge on any atom is 0.337 e. The van der Waals surface area contributed by atoms with E-state index >= 15 is 0 Å². The Labute approximate surface area is 130 Å². The number of allylic oxidation sites excluding steroid dienone is 2. The van der Waals surface area contributed by atoms with Crippen LogP contribution in [0.15, 0.2) is 17.8 Å². The van der Waals surface area contributed by atoms with E-state index in [-0.39, 0.29) is 5.78 Å². The number of hydrogen-bond acceptors (Lipinski definition) is 5. The van der Waals surface area contributed by atoms with Crippen molar-refractivity contribution < 1.29 is 14.3 Å². The smallest absolute Gasteiger partial charge is 0.337 e. The number of carbonyl (C=O) groups is 2. The predicted molar refractivity (Wildman–Crippen MR) is 84.3 cm³/mol. The highest BCUT2D eigenvalue weighted by atomic mass is 16.5. The van der Waals surface area contributed by atoms with E-state index in [9.17, 15) is 9.59 Å². The Kier molecular flexibility index (Phi) is 4.96. The molecular weight excluding hydrogens is 280 g/mol. The molecule has 0 radical (unpaired) electrons. The van der Waals surface area contributed by atoms with Crippen molar-refractivity contribution in [2.24, 2.45) is 5.92 Å². The van der Waals surface area contributed by atoms with Crippen LogP contribution >= 0.6 is 0 Å². The predicted octanol–water partition coefficient (Wildman–Crippen LogP) is 2.50. The van der Waals surface area contributed by atoms with E-state index in [1.54, 1.807) is 19.1 Å². The van der Waals surface area contributed by atoms with Crippen LogP contribution < -0.4 is 5.32 Å². The van der Waals surface area contributed by atoms with Crippen LogP contribution in [0.25, 0.3) is 5.57 Å². The van der Waals surface area contributed by atoms with Gasteiger partial charge < -0.3 is 10.1 Å². The Morgan fingerprint density at radius 3 is 2.77 bits per heavy atom. The Bertz CT molecular complexity index is 635. The van der Waals surface area contributed by atoms with Gasteiger partial charge in [-0.3, -0.25) is 9.78 Å². The summed E-state index contributed by atoms with van der Waals surface area (Å²) in [7, 11) is 1.34. The summed E-state index contributed by atoms with van der Waals surface area (Å²) in [6, 6.07) is 3.29. The summed E-state index contributed by atoms with van der Waals surface area (Å²) in [5.74, 6) is -0.0382. The van der Waals surface area contributed by atoms with Crippen molar-refractivity contribution in [3.8, 4) is 0 Å². The number of aryl methyl sites for hydroxylation is 1. The zero-order chi connectivity index (χ0) is 16.3. The van der Waals surface area contributed by atoms with E-state index in [4.69, 9.17) is 4.74 Å². The quantitative estimate of drug-likeness (QED) is 0.850. The summed E-state index contributed by atoms with van der Waals surface area (Å²) in [6.45, 7) is 6.58. The third kappa shape index (κ3) is 3.53. The number of esters is 1. The van der Waals surface area contributed by atoms with Crippen molar-refractivity contribution in [1.29, 1.82) is 0 Å². The highest BCUT2D eigenvalue weighted by Crippen LogP contribution is 2.25. The number of ether oxygens (including phenoxy) is 1. The van der Waals surface area contributed by atoms with Gasteiger partial charge in [-0.15, -0.1) is 0 Å². The van der Waals surface area contributed by atoms with E-state index in [0.717, 1.165) is 18.7 Å². The standard InChI is InChI=1S/C17H22N2O3/c1-10-5-6-18-12(3)16(15(20)7-10)14-9-13(17(21)22-4)8-11(2)19-14/h8-10,18H,5-7H2,1-4H3/b16-12-. The molecule has 0 bridgehead atoms. The molecule has 5 nitrogen and oxygen atoms in total. The average molecular weight is 302 g/mol. The summed E-state index contributed by atoms with van der Waals surface area (Å²) < 4.78 is 4.77. The number of rotatable bonds is 2. The zero-order valence-electron chi connectivity index (χ0n) is 13.5. The molecule has 0 aromatic carbocycles. The fraction of sp³-hybridized carbons (Fsp3) is 0.471.